The van der Waals surface area contributed by atoms with Gasteiger partial charge in [0, 0.05) is 40.1 Å². The number of rotatable bonds is 0. The Labute approximate surface area is 240 Å². The molecule has 3 heteroatoms. The fourth-order valence-electron chi connectivity index (χ4n) is 8.08. The quantitative estimate of drug-likeness (QED) is 0.181. The average Bonchev–Trinajstić information content (AvgIpc) is 3.67. The first-order valence-electron chi connectivity index (χ1n) is 14.7. The maximum atomic E-state index is 7.01. The van der Waals surface area contributed by atoms with Crippen LogP contribution in [0, 0.1) is 6.92 Å². The van der Waals surface area contributed by atoms with Crippen LogP contribution in [0.2, 0.25) is 0 Å². The van der Waals surface area contributed by atoms with E-state index in [2.05, 4.69) is 135 Å². The summed E-state index contributed by atoms with van der Waals surface area (Å²) in [5.74, 6) is 0. The smallest absolute Gasteiger partial charge is 0.417 e. The number of aryl methyl sites for hydroxylation is 1. The molecule has 1 spiro atoms. The molecule has 5 heterocycles. The molecule has 1 unspecified atom stereocenters. The second-order valence-electron chi connectivity index (χ2n) is 13.2. The van der Waals surface area contributed by atoms with Crippen molar-refractivity contribution in [2.24, 2.45) is 0 Å². The van der Waals surface area contributed by atoms with Crippen LogP contribution in [-0.2, 0) is 17.5 Å². The molecule has 198 valence electrons. The molecule has 3 nitrogen and oxygen atoms in total. The Bertz CT molecular complexity index is 2140. The molecule has 2 aliphatic heterocycles. The summed E-state index contributed by atoms with van der Waals surface area (Å²) < 4.78 is 12.0. The molecule has 0 bridgehead atoms. The number of hydrogen-bond donors (Lipinski definition) is 0. The van der Waals surface area contributed by atoms with E-state index in [1.54, 1.807) is 0 Å². The highest BCUT2D eigenvalue weighted by molar-refractivity contribution is 6.12. The fraction of sp³-hybridized carbons (Fsp3) is 0.211. The van der Waals surface area contributed by atoms with Crippen LogP contribution in [0.15, 0.2) is 95.2 Å². The zero-order chi connectivity index (χ0) is 27.8. The van der Waals surface area contributed by atoms with E-state index in [0.717, 1.165) is 17.6 Å². The highest BCUT2D eigenvalue weighted by atomic mass is 16.3. The molecule has 3 aliphatic rings. The third-order valence-corrected chi connectivity index (χ3v) is 9.66. The summed E-state index contributed by atoms with van der Waals surface area (Å²) in [5.41, 5.74) is 15.6. The molecule has 9 rings (SSSR count). The van der Waals surface area contributed by atoms with Gasteiger partial charge in [0.25, 0.3) is 0 Å². The summed E-state index contributed by atoms with van der Waals surface area (Å²) in [6, 6.07) is 27.1. The lowest BCUT2D eigenvalue weighted by atomic mass is 9.84. The molecule has 3 aromatic carbocycles. The molecule has 0 amide bonds. The van der Waals surface area contributed by atoms with Crippen LogP contribution in [-0.4, -0.2) is 0 Å². The van der Waals surface area contributed by atoms with E-state index in [4.69, 9.17) is 4.42 Å². The third-order valence-electron chi connectivity index (χ3n) is 9.66. The number of fused-ring (bicyclic) bond motifs is 16. The molecule has 1 atom stereocenters. The van der Waals surface area contributed by atoms with Crippen molar-refractivity contribution in [1.82, 2.24) is 0 Å². The van der Waals surface area contributed by atoms with Crippen molar-refractivity contribution >= 4 is 28.0 Å². The summed E-state index contributed by atoms with van der Waals surface area (Å²) in [6.07, 6.45) is 7.95. The Kier molecular flexibility index (Phi) is 4.20. The molecule has 0 fully saturated rings. The third kappa shape index (κ3) is 2.70. The molecule has 41 heavy (non-hydrogen) atoms. The van der Waals surface area contributed by atoms with E-state index in [-0.39, 0.29) is 5.41 Å². The molecular weight excluding hydrogens is 500 g/mol. The monoisotopic (exact) mass is 532 g/mol. The van der Waals surface area contributed by atoms with Crippen LogP contribution in [0.5, 0.6) is 0 Å². The summed E-state index contributed by atoms with van der Waals surface area (Å²) in [7, 11) is 0. The van der Waals surface area contributed by atoms with Crippen LogP contribution in [0.25, 0.3) is 50.5 Å². The lowest BCUT2D eigenvalue weighted by molar-refractivity contribution is -0.955. The van der Waals surface area contributed by atoms with Crippen LogP contribution in [0.4, 0.5) is 0 Å². The summed E-state index contributed by atoms with van der Waals surface area (Å²) in [5, 5.41) is 2.38. The van der Waals surface area contributed by atoms with Gasteiger partial charge in [-0.3, -0.25) is 0 Å². The minimum atomic E-state index is -0.537. The summed E-state index contributed by atoms with van der Waals surface area (Å²) in [6.45, 7) is 11.4. The first-order valence-corrected chi connectivity index (χ1v) is 14.7. The van der Waals surface area contributed by atoms with Crippen LogP contribution < -0.4 is 9.13 Å². The Balaban J connectivity index is 1.49. The molecule has 0 saturated heterocycles. The largest absolute Gasteiger partial charge is 0.454 e. The number of hydrogen-bond acceptors (Lipinski definition) is 1. The second-order valence-corrected chi connectivity index (χ2v) is 13.2. The minimum absolute atomic E-state index is 0.0130. The lowest BCUT2D eigenvalue weighted by Gasteiger charge is -2.22. The van der Waals surface area contributed by atoms with Crippen LogP contribution in [0.3, 0.4) is 0 Å². The Hall–Kier alpha value is -4.50. The van der Waals surface area contributed by atoms with E-state index >= 15 is 0 Å². The number of pyridine rings is 2. The van der Waals surface area contributed by atoms with Crippen molar-refractivity contribution in [1.29, 1.82) is 0 Å². The molecule has 6 aromatic rings. The number of allylic oxidation sites excluding steroid dienone is 1. The Morgan fingerprint density at radius 1 is 0.780 bits per heavy atom. The number of nitrogens with zero attached hydrogens (tertiary/aromatic N) is 2. The standard InChI is InChI=1S/C38H32N2O/c1-22-18-24-13-14-25-26-15-16-30-34(36(26)41-35(25)28(24)19-22)33-20-31(37(3,4)5)23(2)21-40(33)38(30)29-11-7-6-10-27(29)32-12-8-9-17-39(32)38/h6-17,19-21H,18H2,1-5H3/q+2. The highest BCUT2D eigenvalue weighted by Crippen LogP contribution is 2.51. The number of benzene rings is 3. The zero-order valence-corrected chi connectivity index (χ0v) is 24.2. The summed E-state index contributed by atoms with van der Waals surface area (Å²) in [4.78, 5) is 0. The van der Waals surface area contributed by atoms with E-state index in [0.29, 0.717) is 0 Å². The van der Waals surface area contributed by atoms with Crippen molar-refractivity contribution < 1.29 is 13.6 Å². The van der Waals surface area contributed by atoms with E-state index < -0.39 is 5.66 Å². The normalized spacial score (nSPS) is 18.0. The van der Waals surface area contributed by atoms with E-state index in [1.165, 1.54) is 72.2 Å². The first kappa shape index (κ1) is 23.2. The molecule has 0 N–H and O–H groups in total. The molecule has 0 radical (unpaired) electrons. The number of furan rings is 1. The van der Waals surface area contributed by atoms with Gasteiger partial charge in [-0.2, -0.15) is 0 Å². The second kappa shape index (κ2) is 7.41. The van der Waals surface area contributed by atoms with Gasteiger partial charge in [-0.25, -0.2) is 0 Å². The van der Waals surface area contributed by atoms with Crippen molar-refractivity contribution in [2.75, 3.05) is 0 Å². The number of aromatic nitrogens is 2. The van der Waals surface area contributed by atoms with Gasteiger partial charge in [0.2, 0.25) is 11.4 Å². The van der Waals surface area contributed by atoms with Crippen molar-refractivity contribution in [3.05, 3.63) is 124 Å². The van der Waals surface area contributed by atoms with Gasteiger partial charge in [0.1, 0.15) is 27.9 Å². The summed E-state index contributed by atoms with van der Waals surface area (Å²) >= 11 is 0. The van der Waals surface area contributed by atoms with Gasteiger partial charge in [-0.05, 0) is 67.1 Å². The van der Waals surface area contributed by atoms with Gasteiger partial charge in [-0.15, -0.1) is 9.13 Å². The van der Waals surface area contributed by atoms with Crippen molar-refractivity contribution in [3.63, 3.8) is 0 Å². The molecule has 3 aromatic heterocycles. The van der Waals surface area contributed by atoms with Gasteiger partial charge in [0.05, 0.1) is 5.56 Å². The maximum Gasteiger partial charge on any atom is 0.417 e. The first-order chi connectivity index (χ1) is 19.8. The maximum absolute atomic E-state index is 7.01. The van der Waals surface area contributed by atoms with Gasteiger partial charge < -0.3 is 4.42 Å². The molecule has 1 aliphatic carbocycles. The Morgan fingerprint density at radius 2 is 1.56 bits per heavy atom. The molecular formula is C38H32N2O+2. The predicted molar refractivity (Wildman–Crippen MR) is 164 cm³/mol. The lowest BCUT2D eigenvalue weighted by Crippen LogP contribution is -2.71. The topological polar surface area (TPSA) is 20.9 Å². The zero-order valence-electron chi connectivity index (χ0n) is 24.2. The van der Waals surface area contributed by atoms with Crippen molar-refractivity contribution in [2.45, 2.75) is 52.1 Å². The van der Waals surface area contributed by atoms with E-state index in [1.807, 2.05) is 0 Å². The van der Waals surface area contributed by atoms with Crippen molar-refractivity contribution in [3.8, 4) is 22.5 Å². The predicted octanol–water partition coefficient (Wildman–Crippen LogP) is 7.98. The highest BCUT2D eigenvalue weighted by Gasteiger charge is 2.67. The van der Waals surface area contributed by atoms with Gasteiger partial charge in [-0.1, -0.05) is 56.7 Å². The average molecular weight is 533 g/mol. The van der Waals surface area contributed by atoms with Crippen LogP contribution in [0.1, 0.15) is 61.1 Å². The fourth-order valence-corrected chi connectivity index (χ4v) is 8.08. The van der Waals surface area contributed by atoms with E-state index in [9.17, 15) is 0 Å². The molecule has 0 saturated carbocycles. The minimum Gasteiger partial charge on any atom is -0.454 e. The van der Waals surface area contributed by atoms with Gasteiger partial charge >= 0.3 is 5.66 Å². The van der Waals surface area contributed by atoms with Crippen LogP contribution >= 0.6 is 0 Å². The Morgan fingerprint density at radius 3 is 2.41 bits per heavy atom. The SMILES string of the molecule is CC1=Cc2c(ccc3c2oc2c4c(ccc23)C2(c3ccccc3-c3cccc[n+]32)[n+]2cc(C)c(C(C)(C)C)cc2-4)C1. The van der Waals surface area contributed by atoms with Gasteiger partial charge in [0.15, 0.2) is 12.4 Å².